The van der Waals surface area contributed by atoms with Gasteiger partial charge < -0.3 is 10.1 Å². The van der Waals surface area contributed by atoms with Crippen molar-refractivity contribution in [2.75, 3.05) is 33.4 Å². The summed E-state index contributed by atoms with van der Waals surface area (Å²) in [5, 5.41) is 3.47. The number of hydrogen-bond acceptors (Lipinski definition) is 4. The molecule has 0 aliphatic carbocycles. The van der Waals surface area contributed by atoms with Crippen LogP contribution in [0.25, 0.3) is 0 Å². The number of morpholine rings is 1. The predicted molar refractivity (Wildman–Crippen MR) is 85.0 cm³/mol. The number of ether oxygens (including phenoxy) is 1. The zero-order valence-corrected chi connectivity index (χ0v) is 14.1. The van der Waals surface area contributed by atoms with Gasteiger partial charge in [-0.15, -0.1) is 0 Å². The second kappa shape index (κ2) is 6.98. The van der Waals surface area contributed by atoms with Crippen LogP contribution in [-0.4, -0.2) is 54.8 Å². The summed E-state index contributed by atoms with van der Waals surface area (Å²) in [5.41, 5.74) is 1.20. The summed E-state index contributed by atoms with van der Waals surface area (Å²) in [7, 11) is 2.03. The third-order valence-corrected chi connectivity index (χ3v) is 4.70. The minimum absolute atomic E-state index is 0.0767. The third-order valence-electron chi connectivity index (χ3n) is 4.23. The van der Waals surface area contributed by atoms with E-state index in [4.69, 9.17) is 4.74 Å². The number of rotatable bonds is 5. The Bertz CT molecular complexity index is 416. The second-order valence-corrected chi connectivity index (χ2v) is 6.68. The smallest absolute Gasteiger partial charge is 0.0594 e. The Hall–Kier alpha value is -0.490. The van der Waals surface area contributed by atoms with E-state index in [0.717, 1.165) is 42.9 Å². The molecule has 112 valence electrons. The molecule has 1 N–H and O–H groups in total. The molecule has 2 rings (SSSR count). The van der Waals surface area contributed by atoms with E-state index in [1.807, 2.05) is 13.2 Å². The van der Waals surface area contributed by atoms with Crippen molar-refractivity contribution in [3.05, 3.63) is 28.5 Å². The van der Waals surface area contributed by atoms with Gasteiger partial charge in [0, 0.05) is 47.5 Å². The number of halogens is 1. The Kier molecular flexibility index (Phi) is 5.55. The number of nitrogens with zero attached hydrogens (tertiary/aromatic N) is 2. The van der Waals surface area contributed by atoms with E-state index in [2.05, 4.69) is 57.1 Å². The van der Waals surface area contributed by atoms with Gasteiger partial charge in [0.25, 0.3) is 0 Å². The topological polar surface area (TPSA) is 37.4 Å². The van der Waals surface area contributed by atoms with E-state index in [1.165, 1.54) is 0 Å². The molecule has 0 bridgehead atoms. The van der Waals surface area contributed by atoms with Gasteiger partial charge in [-0.1, -0.05) is 0 Å². The van der Waals surface area contributed by atoms with Crippen LogP contribution < -0.4 is 5.32 Å². The first kappa shape index (κ1) is 15.9. The molecule has 1 aromatic rings. The van der Waals surface area contributed by atoms with Gasteiger partial charge in [-0.2, -0.15) is 0 Å². The van der Waals surface area contributed by atoms with Crippen molar-refractivity contribution in [1.29, 1.82) is 0 Å². The van der Waals surface area contributed by atoms with Crippen LogP contribution in [0.3, 0.4) is 0 Å². The Balaban J connectivity index is 2.07. The van der Waals surface area contributed by atoms with E-state index in [0.29, 0.717) is 6.04 Å². The number of pyridine rings is 1. The lowest BCUT2D eigenvalue weighted by Crippen LogP contribution is -2.60. The van der Waals surface area contributed by atoms with Crippen molar-refractivity contribution in [2.24, 2.45) is 0 Å². The van der Waals surface area contributed by atoms with Gasteiger partial charge >= 0.3 is 0 Å². The largest absolute Gasteiger partial charge is 0.379 e. The molecule has 0 amide bonds. The van der Waals surface area contributed by atoms with Gasteiger partial charge in [0.1, 0.15) is 0 Å². The lowest BCUT2D eigenvalue weighted by Gasteiger charge is -2.45. The van der Waals surface area contributed by atoms with Crippen LogP contribution in [0, 0.1) is 0 Å². The molecule has 5 heteroatoms. The van der Waals surface area contributed by atoms with E-state index in [1.54, 1.807) is 0 Å². The van der Waals surface area contributed by atoms with E-state index in [9.17, 15) is 0 Å². The highest BCUT2D eigenvalue weighted by Gasteiger charge is 2.35. The molecular formula is C15H24BrN3O. The molecule has 1 saturated heterocycles. The number of aromatic nitrogens is 1. The molecule has 1 fully saturated rings. The summed E-state index contributed by atoms with van der Waals surface area (Å²) in [4.78, 5) is 7.01. The summed E-state index contributed by atoms with van der Waals surface area (Å²) in [6.45, 7) is 8.27. The summed E-state index contributed by atoms with van der Waals surface area (Å²) < 4.78 is 6.48. The first-order chi connectivity index (χ1) is 9.54. The second-order valence-electron chi connectivity index (χ2n) is 5.77. The van der Waals surface area contributed by atoms with Gasteiger partial charge in [0.2, 0.25) is 0 Å². The molecule has 0 aromatic carbocycles. The highest BCUT2D eigenvalue weighted by molar-refractivity contribution is 9.10. The van der Waals surface area contributed by atoms with Crippen LogP contribution in [0.1, 0.15) is 19.5 Å². The van der Waals surface area contributed by atoms with Crippen LogP contribution in [0.2, 0.25) is 0 Å². The van der Waals surface area contributed by atoms with Gasteiger partial charge in [-0.05, 0) is 49.0 Å². The maximum Gasteiger partial charge on any atom is 0.0594 e. The molecule has 1 aliphatic rings. The Morgan fingerprint density at radius 3 is 2.65 bits per heavy atom. The molecule has 0 spiro atoms. The van der Waals surface area contributed by atoms with Crippen LogP contribution in [0.5, 0.6) is 0 Å². The predicted octanol–water partition coefficient (Wildman–Crippen LogP) is 2.09. The number of hydrogen-bond donors (Lipinski definition) is 1. The Morgan fingerprint density at radius 2 is 2.10 bits per heavy atom. The molecule has 0 saturated carbocycles. The van der Waals surface area contributed by atoms with E-state index >= 15 is 0 Å². The average molecular weight is 342 g/mol. The Labute approximate surface area is 130 Å². The van der Waals surface area contributed by atoms with Gasteiger partial charge in [-0.3, -0.25) is 9.88 Å². The molecule has 20 heavy (non-hydrogen) atoms. The molecule has 2 heterocycles. The van der Waals surface area contributed by atoms with Gasteiger partial charge in [-0.25, -0.2) is 0 Å². The van der Waals surface area contributed by atoms with Crippen LogP contribution in [-0.2, 0) is 11.2 Å². The molecule has 1 aromatic heterocycles. The molecule has 1 atom stereocenters. The first-order valence-electron chi connectivity index (χ1n) is 7.14. The van der Waals surface area contributed by atoms with Crippen LogP contribution in [0.15, 0.2) is 22.8 Å². The third kappa shape index (κ3) is 3.79. The zero-order valence-electron chi connectivity index (χ0n) is 12.5. The summed E-state index contributed by atoms with van der Waals surface area (Å²) in [5.74, 6) is 0. The summed E-state index contributed by atoms with van der Waals surface area (Å²) in [6.07, 6.45) is 2.79. The highest BCUT2D eigenvalue weighted by atomic mass is 79.9. The number of likely N-dealkylation sites (N-methyl/N-ethyl adjacent to an activating group) is 1. The minimum atomic E-state index is 0.0767. The Morgan fingerprint density at radius 1 is 1.40 bits per heavy atom. The van der Waals surface area contributed by atoms with E-state index < -0.39 is 0 Å². The monoisotopic (exact) mass is 341 g/mol. The fraction of sp³-hybridized carbons (Fsp3) is 0.667. The fourth-order valence-corrected chi connectivity index (χ4v) is 3.04. The normalized spacial score (nSPS) is 19.0. The summed E-state index contributed by atoms with van der Waals surface area (Å²) in [6, 6.07) is 4.50. The zero-order chi connectivity index (χ0) is 14.6. The molecule has 0 radical (unpaired) electrons. The summed E-state index contributed by atoms with van der Waals surface area (Å²) >= 11 is 3.43. The van der Waals surface area contributed by atoms with Crippen molar-refractivity contribution >= 4 is 15.9 Å². The standard InChI is InChI=1S/C15H24BrN3O/c1-15(2,19-6-8-20-9-7-19)14(17-3)10-13-5-4-12(16)11-18-13/h4-5,11,14,17H,6-10H2,1-3H3. The quantitative estimate of drug-likeness (QED) is 0.889. The van der Waals surface area contributed by atoms with Crippen molar-refractivity contribution in [3.8, 4) is 0 Å². The van der Waals surface area contributed by atoms with Crippen LogP contribution in [0.4, 0.5) is 0 Å². The lowest BCUT2D eigenvalue weighted by atomic mass is 9.88. The molecule has 1 aliphatic heterocycles. The maximum atomic E-state index is 5.46. The average Bonchev–Trinajstić information content (AvgIpc) is 2.47. The minimum Gasteiger partial charge on any atom is -0.379 e. The van der Waals surface area contributed by atoms with Crippen LogP contribution >= 0.6 is 15.9 Å². The highest BCUT2D eigenvalue weighted by Crippen LogP contribution is 2.23. The SMILES string of the molecule is CNC(Cc1ccc(Br)cn1)C(C)(C)N1CCOCC1. The first-order valence-corrected chi connectivity index (χ1v) is 7.94. The van der Waals surface area contributed by atoms with E-state index in [-0.39, 0.29) is 5.54 Å². The molecular weight excluding hydrogens is 318 g/mol. The van der Waals surface area contributed by atoms with Gasteiger partial charge in [0.15, 0.2) is 0 Å². The lowest BCUT2D eigenvalue weighted by molar-refractivity contribution is -0.0224. The van der Waals surface area contributed by atoms with Crippen molar-refractivity contribution < 1.29 is 4.74 Å². The molecule has 4 nitrogen and oxygen atoms in total. The van der Waals surface area contributed by atoms with Crippen molar-refractivity contribution in [1.82, 2.24) is 15.2 Å². The fourth-order valence-electron chi connectivity index (χ4n) is 2.80. The van der Waals surface area contributed by atoms with Crippen molar-refractivity contribution in [3.63, 3.8) is 0 Å². The van der Waals surface area contributed by atoms with Crippen molar-refractivity contribution in [2.45, 2.75) is 31.8 Å². The molecule has 1 unspecified atom stereocenters. The number of nitrogens with one attached hydrogen (secondary N) is 1. The van der Waals surface area contributed by atoms with Gasteiger partial charge in [0.05, 0.1) is 13.2 Å². The maximum absolute atomic E-state index is 5.46.